The molecule has 0 spiro atoms. The van der Waals surface area contributed by atoms with Crippen molar-refractivity contribution in [3.05, 3.63) is 41.7 Å². The average Bonchev–Trinajstić information content (AvgIpc) is 3.05. The summed E-state index contributed by atoms with van der Waals surface area (Å²) in [6, 6.07) is 8.40. The minimum Gasteiger partial charge on any atom is -0.378 e. The molecule has 4 rings (SSSR count). The molecule has 1 aromatic carbocycles. The molecule has 1 aliphatic heterocycles. The zero-order chi connectivity index (χ0) is 16.5. The minimum absolute atomic E-state index is 0.302. The van der Waals surface area contributed by atoms with Gasteiger partial charge in [0.2, 0.25) is 0 Å². The first-order valence-electron chi connectivity index (χ1n) is 8.10. The molecule has 0 N–H and O–H groups in total. The Labute approximate surface area is 138 Å². The van der Waals surface area contributed by atoms with E-state index in [1.54, 1.807) is 10.6 Å². The highest BCUT2D eigenvalue weighted by Crippen LogP contribution is 2.23. The molecule has 0 bridgehead atoms. The fraction of sp³-hybridized carbons (Fsp3) is 0.353. The van der Waals surface area contributed by atoms with Gasteiger partial charge < -0.3 is 9.64 Å². The molecule has 3 heterocycles. The fourth-order valence-electron chi connectivity index (χ4n) is 2.94. The zero-order valence-corrected chi connectivity index (χ0v) is 13.4. The van der Waals surface area contributed by atoms with Crippen molar-refractivity contribution in [2.45, 2.75) is 13.3 Å². The van der Waals surface area contributed by atoms with Gasteiger partial charge in [0.1, 0.15) is 11.6 Å². The summed E-state index contributed by atoms with van der Waals surface area (Å²) in [6.07, 6.45) is 0.824. The van der Waals surface area contributed by atoms with E-state index < -0.39 is 0 Å². The van der Waals surface area contributed by atoms with E-state index in [1.165, 1.54) is 12.1 Å². The monoisotopic (exact) mass is 327 g/mol. The van der Waals surface area contributed by atoms with Crippen molar-refractivity contribution in [3.8, 4) is 11.4 Å². The molecule has 7 heteroatoms. The predicted octanol–water partition coefficient (Wildman–Crippen LogP) is 2.33. The first-order chi connectivity index (χ1) is 11.8. The number of rotatable bonds is 3. The molecule has 0 aliphatic carbocycles. The molecule has 0 saturated carbocycles. The molecule has 24 heavy (non-hydrogen) atoms. The SMILES string of the molecule is CCc1cc(N2CCOCC2)nn2c(-c3cccc(F)c3)nnc12. The van der Waals surface area contributed by atoms with Crippen LogP contribution in [0.2, 0.25) is 0 Å². The van der Waals surface area contributed by atoms with Gasteiger partial charge in [0.25, 0.3) is 0 Å². The third kappa shape index (κ3) is 2.60. The van der Waals surface area contributed by atoms with E-state index >= 15 is 0 Å². The normalized spacial score (nSPS) is 15.2. The molecule has 1 saturated heterocycles. The van der Waals surface area contributed by atoms with Crippen molar-refractivity contribution in [1.82, 2.24) is 19.8 Å². The van der Waals surface area contributed by atoms with Gasteiger partial charge >= 0.3 is 0 Å². The van der Waals surface area contributed by atoms with E-state index in [-0.39, 0.29) is 5.82 Å². The second-order valence-corrected chi connectivity index (χ2v) is 5.75. The van der Waals surface area contributed by atoms with E-state index in [0.717, 1.165) is 30.9 Å². The van der Waals surface area contributed by atoms with Gasteiger partial charge in [-0.3, -0.25) is 0 Å². The third-order valence-electron chi connectivity index (χ3n) is 4.23. The Kier molecular flexibility index (Phi) is 3.86. The van der Waals surface area contributed by atoms with Crippen LogP contribution in [0, 0.1) is 5.82 Å². The lowest BCUT2D eigenvalue weighted by atomic mass is 10.2. The smallest absolute Gasteiger partial charge is 0.185 e. The molecule has 0 radical (unpaired) electrons. The third-order valence-corrected chi connectivity index (χ3v) is 4.23. The molecule has 0 amide bonds. The molecule has 2 aromatic heterocycles. The van der Waals surface area contributed by atoms with E-state index in [4.69, 9.17) is 9.84 Å². The quantitative estimate of drug-likeness (QED) is 0.739. The Morgan fingerprint density at radius 2 is 2.00 bits per heavy atom. The molecule has 0 atom stereocenters. The fourth-order valence-corrected chi connectivity index (χ4v) is 2.94. The number of ether oxygens (including phenoxy) is 1. The van der Waals surface area contributed by atoms with Gasteiger partial charge in [-0.25, -0.2) is 4.39 Å². The maximum atomic E-state index is 13.6. The van der Waals surface area contributed by atoms with Crippen LogP contribution in [0.25, 0.3) is 17.0 Å². The Balaban J connectivity index is 1.87. The topological polar surface area (TPSA) is 55.5 Å². The summed E-state index contributed by atoms with van der Waals surface area (Å²) in [5.74, 6) is 1.12. The van der Waals surface area contributed by atoms with Crippen LogP contribution >= 0.6 is 0 Å². The van der Waals surface area contributed by atoms with E-state index in [1.807, 2.05) is 6.07 Å². The van der Waals surface area contributed by atoms with Gasteiger partial charge in [0, 0.05) is 24.2 Å². The number of aromatic nitrogens is 4. The highest BCUT2D eigenvalue weighted by molar-refractivity contribution is 5.62. The number of anilines is 1. The number of aryl methyl sites for hydroxylation is 1. The summed E-state index contributed by atoms with van der Waals surface area (Å²) in [6.45, 7) is 5.08. The maximum absolute atomic E-state index is 13.6. The number of morpholine rings is 1. The van der Waals surface area contributed by atoms with Crippen LogP contribution < -0.4 is 4.90 Å². The van der Waals surface area contributed by atoms with Gasteiger partial charge in [-0.2, -0.15) is 4.52 Å². The standard InChI is InChI=1S/C17H18FN5O/c1-2-12-11-15(22-6-8-24-9-7-22)21-23-16(12)19-20-17(23)13-4-3-5-14(18)10-13/h3-5,10-11H,2,6-9H2,1H3. The zero-order valence-electron chi connectivity index (χ0n) is 13.4. The largest absolute Gasteiger partial charge is 0.378 e. The molecule has 0 unspecified atom stereocenters. The highest BCUT2D eigenvalue weighted by atomic mass is 19.1. The lowest BCUT2D eigenvalue weighted by Gasteiger charge is -2.28. The molecular weight excluding hydrogens is 309 g/mol. The number of nitrogens with zero attached hydrogens (tertiary/aromatic N) is 5. The molecular formula is C17H18FN5O. The molecule has 124 valence electrons. The second kappa shape index (κ2) is 6.16. The predicted molar refractivity (Wildman–Crippen MR) is 88.6 cm³/mol. The van der Waals surface area contributed by atoms with Crippen LogP contribution in [0.5, 0.6) is 0 Å². The van der Waals surface area contributed by atoms with Crippen LogP contribution in [-0.2, 0) is 11.2 Å². The lowest BCUT2D eigenvalue weighted by Crippen LogP contribution is -2.37. The van der Waals surface area contributed by atoms with Gasteiger partial charge in [0.05, 0.1) is 13.2 Å². The number of hydrogen-bond donors (Lipinski definition) is 0. The lowest BCUT2D eigenvalue weighted by molar-refractivity contribution is 0.122. The van der Waals surface area contributed by atoms with Crippen molar-refractivity contribution < 1.29 is 9.13 Å². The Morgan fingerprint density at radius 1 is 1.17 bits per heavy atom. The number of halogens is 1. The number of hydrogen-bond acceptors (Lipinski definition) is 5. The summed E-state index contributed by atoms with van der Waals surface area (Å²) >= 11 is 0. The second-order valence-electron chi connectivity index (χ2n) is 5.75. The van der Waals surface area contributed by atoms with Crippen molar-refractivity contribution in [2.24, 2.45) is 0 Å². The van der Waals surface area contributed by atoms with Crippen molar-refractivity contribution in [1.29, 1.82) is 0 Å². The van der Waals surface area contributed by atoms with E-state index in [0.29, 0.717) is 30.2 Å². The Bertz CT molecular complexity index is 873. The summed E-state index contributed by atoms with van der Waals surface area (Å²) in [7, 11) is 0. The summed E-state index contributed by atoms with van der Waals surface area (Å²) in [5.41, 5.74) is 2.45. The summed E-state index contributed by atoms with van der Waals surface area (Å²) in [4.78, 5) is 2.19. The molecule has 1 fully saturated rings. The summed E-state index contributed by atoms with van der Waals surface area (Å²) < 4.78 is 20.7. The van der Waals surface area contributed by atoms with Crippen LogP contribution in [0.15, 0.2) is 30.3 Å². The average molecular weight is 327 g/mol. The van der Waals surface area contributed by atoms with E-state index in [2.05, 4.69) is 28.1 Å². The van der Waals surface area contributed by atoms with Crippen LogP contribution in [0.3, 0.4) is 0 Å². The van der Waals surface area contributed by atoms with Crippen LogP contribution in [0.1, 0.15) is 12.5 Å². The molecule has 3 aromatic rings. The van der Waals surface area contributed by atoms with Gasteiger partial charge in [-0.05, 0) is 24.6 Å². The number of benzene rings is 1. The van der Waals surface area contributed by atoms with Gasteiger partial charge in [-0.1, -0.05) is 19.1 Å². The Hall–Kier alpha value is -2.54. The van der Waals surface area contributed by atoms with Gasteiger partial charge in [-0.15, -0.1) is 15.3 Å². The van der Waals surface area contributed by atoms with Gasteiger partial charge in [0.15, 0.2) is 11.5 Å². The Morgan fingerprint density at radius 3 is 2.75 bits per heavy atom. The highest BCUT2D eigenvalue weighted by Gasteiger charge is 2.18. The minimum atomic E-state index is -0.302. The molecule has 6 nitrogen and oxygen atoms in total. The van der Waals surface area contributed by atoms with E-state index in [9.17, 15) is 4.39 Å². The summed E-state index contributed by atoms with van der Waals surface area (Å²) in [5, 5.41) is 13.2. The maximum Gasteiger partial charge on any atom is 0.185 e. The van der Waals surface area contributed by atoms with Crippen molar-refractivity contribution >= 4 is 11.5 Å². The first-order valence-corrected chi connectivity index (χ1v) is 8.10. The van der Waals surface area contributed by atoms with Crippen LogP contribution in [0.4, 0.5) is 10.2 Å². The first kappa shape index (κ1) is 15.0. The van der Waals surface area contributed by atoms with Crippen molar-refractivity contribution in [3.63, 3.8) is 0 Å². The number of fused-ring (bicyclic) bond motifs is 1. The molecule has 1 aliphatic rings. The van der Waals surface area contributed by atoms with Crippen LogP contribution in [-0.4, -0.2) is 46.1 Å². The van der Waals surface area contributed by atoms with Crippen molar-refractivity contribution in [2.75, 3.05) is 31.2 Å².